The van der Waals surface area contributed by atoms with Crippen LogP contribution in [0.5, 0.6) is 0 Å². The van der Waals surface area contributed by atoms with Crippen molar-refractivity contribution in [3.8, 4) is 0 Å². The van der Waals surface area contributed by atoms with E-state index in [-0.39, 0.29) is 6.04 Å². The van der Waals surface area contributed by atoms with Crippen LogP contribution < -0.4 is 20.7 Å². The zero-order valence-corrected chi connectivity index (χ0v) is 33.5. The molecule has 274 valence electrons. The molecule has 1 unspecified atom stereocenters. The van der Waals surface area contributed by atoms with Crippen molar-refractivity contribution in [2.75, 3.05) is 41.1 Å². The fourth-order valence-electron chi connectivity index (χ4n) is 3.30. The average Bonchev–Trinajstić information content (AvgIpc) is 3.12. The maximum absolute atomic E-state index is 10.5. The third kappa shape index (κ3) is 26.3. The minimum Gasteiger partial charge on any atom is -0.388 e. The van der Waals surface area contributed by atoms with Gasteiger partial charge in [0.1, 0.15) is 13.0 Å². The summed E-state index contributed by atoms with van der Waals surface area (Å²) in [5, 5.41) is 6.72. The van der Waals surface area contributed by atoms with Gasteiger partial charge in [-0.2, -0.15) is 0 Å². The maximum Gasteiger partial charge on any atom is 0.211 e. The van der Waals surface area contributed by atoms with Gasteiger partial charge < -0.3 is 21.1 Å². The van der Waals surface area contributed by atoms with Gasteiger partial charge in [0.2, 0.25) is 6.41 Å². The molecule has 0 radical (unpaired) electrons. The number of benzene rings is 3. The lowest BCUT2D eigenvalue weighted by Gasteiger charge is -2.27. The Morgan fingerprint density at radius 3 is 1.98 bits per heavy atom. The molecule has 1 amide bonds. The fraction of sp³-hybridized carbons (Fsp3) is 0.385. The summed E-state index contributed by atoms with van der Waals surface area (Å²) < 4.78 is 7.41. The number of nitrogens with one attached hydrogen (secondary N) is 2. The number of rotatable bonds is 7. The number of halogens is 2. The minimum atomic E-state index is -0.00313. The molecule has 3 aromatic carbocycles. The van der Waals surface area contributed by atoms with Crippen molar-refractivity contribution in [3.05, 3.63) is 112 Å². The van der Waals surface area contributed by atoms with Crippen LogP contribution in [0.15, 0.2) is 90.5 Å². The number of ether oxygens (including phenoxy) is 1. The van der Waals surface area contributed by atoms with Crippen molar-refractivity contribution >= 4 is 64.9 Å². The molecule has 0 saturated carbocycles. The van der Waals surface area contributed by atoms with Crippen LogP contribution in [0, 0.1) is 13.8 Å². The van der Waals surface area contributed by atoms with Crippen LogP contribution in [0.2, 0.25) is 5.02 Å². The molecular weight excluding hydrogens is 675 g/mol. The zero-order valence-electron chi connectivity index (χ0n) is 31.2. The third-order valence-corrected chi connectivity index (χ3v) is 7.28. The SMILES string of the molecule is C=CC.CC.CC.CC/C=C(/Cl)C(C)N.CNc1ccc(Cl)c(NC=O)c1.Cc1cccc(C)c1.O=Cc1ccc(N2COCCS2)cc1. The molecule has 1 aliphatic rings. The molecule has 4 rings (SSSR count). The number of hydrogen-bond donors (Lipinski definition) is 3. The van der Waals surface area contributed by atoms with E-state index in [0.29, 0.717) is 29.4 Å². The van der Waals surface area contributed by atoms with Gasteiger partial charge in [0.25, 0.3) is 0 Å². The Hall–Kier alpha value is -3.27. The van der Waals surface area contributed by atoms with Crippen LogP contribution in [-0.4, -0.2) is 44.9 Å². The number of nitrogens with two attached hydrogens (primary N) is 1. The van der Waals surface area contributed by atoms with Crippen molar-refractivity contribution in [1.29, 1.82) is 0 Å². The van der Waals surface area contributed by atoms with Crippen molar-refractivity contribution in [3.63, 3.8) is 0 Å². The highest BCUT2D eigenvalue weighted by Crippen LogP contribution is 2.25. The lowest BCUT2D eigenvalue weighted by molar-refractivity contribution is -0.105. The van der Waals surface area contributed by atoms with Crippen LogP contribution in [0.1, 0.15) is 76.4 Å². The highest BCUT2D eigenvalue weighted by atomic mass is 35.5. The van der Waals surface area contributed by atoms with Crippen LogP contribution >= 0.6 is 35.1 Å². The van der Waals surface area contributed by atoms with E-state index in [1.807, 2.05) is 84.9 Å². The number of anilines is 3. The zero-order chi connectivity index (χ0) is 38.0. The summed E-state index contributed by atoms with van der Waals surface area (Å²) in [6, 6.07) is 21.3. The predicted octanol–water partition coefficient (Wildman–Crippen LogP) is 11.3. The van der Waals surface area contributed by atoms with Gasteiger partial charge in [-0.05, 0) is 88.5 Å². The third-order valence-electron chi connectivity index (χ3n) is 5.48. The van der Waals surface area contributed by atoms with E-state index in [4.69, 9.17) is 33.7 Å². The van der Waals surface area contributed by atoms with E-state index in [1.54, 1.807) is 37.2 Å². The number of nitrogens with zero attached hydrogens (tertiary/aromatic N) is 1. The number of aryl methyl sites for hydroxylation is 2. The Bertz CT molecular complexity index is 1270. The summed E-state index contributed by atoms with van der Waals surface area (Å²) in [4.78, 5) is 20.6. The second-order valence-corrected chi connectivity index (χ2v) is 11.5. The standard InChI is InChI=1S/C10H11NO2S.C8H9ClN2O.C8H10.C6H12ClN.C3H6.2C2H6/c12-7-9-1-3-10(4-2-9)11-8-13-5-6-14-11;1-10-6-2-3-7(9)8(4-6)11-5-12;1-7-4-3-5-8(2)6-7;1-3-4-6(7)5(2)8;1-3-2;2*1-2/h1-4,7H,5-6,8H2;2-5,10H,1H3,(H,11,12);3-6H,1-2H3;4-5H,3,8H2,1-2H3;3H,1H2,2H3;2*1-2H3/b;;;6-4+;;;. The Kier molecular flexibility index (Phi) is 35.4. The number of carbonyl (C=O) groups excluding carboxylic acids is 2. The lowest BCUT2D eigenvalue weighted by Crippen LogP contribution is -2.25. The molecule has 49 heavy (non-hydrogen) atoms. The Labute approximate surface area is 311 Å². The van der Waals surface area contributed by atoms with Crippen LogP contribution in [0.25, 0.3) is 0 Å². The molecule has 0 bridgehead atoms. The molecule has 0 aliphatic carbocycles. The van der Waals surface area contributed by atoms with Crippen molar-refractivity contribution in [1.82, 2.24) is 0 Å². The van der Waals surface area contributed by atoms with Gasteiger partial charge in [-0.25, -0.2) is 0 Å². The smallest absolute Gasteiger partial charge is 0.211 e. The molecule has 1 fully saturated rings. The Morgan fingerprint density at radius 2 is 1.61 bits per heavy atom. The summed E-state index contributed by atoms with van der Waals surface area (Å²) >= 11 is 13.2. The second-order valence-electron chi connectivity index (χ2n) is 9.52. The molecule has 10 heteroatoms. The normalized spacial score (nSPS) is 11.7. The first kappa shape index (κ1) is 50.1. The van der Waals surface area contributed by atoms with Gasteiger partial charge in [0.15, 0.2) is 0 Å². The monoisotopic (exact) mass is 734 g/mol. The highest BCUT2D eigenvalue weighted by molar-refractivity contribution is 8.00. The van der Waals surface area contributed by atoms with Crippen LogP contribution in [-0.2, 0) is 9.53 Å². The molecular formula is C39H60Cl2N4O3S. The van der Waals surface area contributed by atoms with Gasteiger partial charge in [-0.15, -0.1) is 6.58 Å². The molecule has 3 aromatic rings. The van der Waals surface area contributed by atoms with Gasteiger partial charge in [0.05, 0.1) is 17.3 Å². The van der Waals surface area contributed by atoms with Crippen molar-refractivity contribution in [2.45, 2.75) is 74.8 Å². The summed E-state index contributed by atoms with van der Waals surface area (Å²) in [5.74, 6) is 0.982. The van der Waals surface area contributed by atoms with Gasteiger partial charge >= 0.3 is 0 Å². The molecule has 1 heterocycles. The van der Waals surface area contributed by atoms with Crippen LogP contribution in [0.3, 0.4) is 0 Å². The number of hydrogen-bond acceptors (Lipinski definition) is 7. The average molecular weight is 736 g/mol. The number of amides is 1. The van der Waals surface area contributed by atoms with E-state index in [1.165, 1.54) is 11.1 Å². The summed E-state index contributed by atoms with van der Waals surface area (Å²) in [5.41, 5.74) is 11.4. The van der Waals surface area contributed by atoms with Gasteiger partial charge in [0, 0.05) is 40.8 Å². The van der Waals surface area contributed by atoms with E-state index in [0.717, 1.165) is 41.5 Å². The first-order valence-corrected chi connectivity index (χ1v) is 18.2. The number of aldehydes is 1. The van der Waals surface area contributed by atoms with Gasteiger partial charge in [-0.3, -0.25) is 13.9 Å². The fourth-order valence-corrected chi connectivity index (χ4v) is 4.46. The first-order valence-electron chi connectivity index (χ1n) is 16.5. The van der Waals surface area contributed by atoms with Crippen molar-refractivity contribution < 1.29 is 14.3 Å². The molecule has 4 N–H and O–H groups in total. The largest absolute Gasteiger partial charge is 0.388 e. The first-order chi connectivity index (χ1) is 23.6. The number of allylic oxidation sites excluding steroid dienone is 2. The summed E-state index contributed by atoms with van der Waals surface area (Å²) in [7, 11) is 1.80. The lowest BCUT2D eigenvalue weighted by atomic mass is 10.2. The quantitative estimate of drug-likeness (QED) is 0.126. The Balaban J connectivity index is -0.000000554. The molecule has 7 nitrogen and oxygen atoms in total. The van der Waals surface area contributed by atoms with Gasteiger partial charge in [-0.1, -0.05) is 105 Å². The maximum atomic E-state index is 10.5. The van der Waals surface area contributed by atoms with Crippen LogP contribution in [0.4, 0.5) is 17.1 Å². The molecule has 1 atom stereocenters. The van der Waals surface area contributed by atoms with E-state index < -0.39 is 0 Å². The topological polar surface area (TPSA) is 96.7 Å². The predicted molar refractivity (Wildman–Crippen MR) is 221 cm³/mol. The highest BCUT2D eigenvalue weighted by Gasteiger charge is 2.11. The molecule has 0 aromatic heterocycles. The Morgan fingerprint density at radius 1 is 1.04 bits per heavy atom. The minimum absolute atomic E-state index is 0.00313. The van der Waals surface area contributed by atoms with E-state index >= 15 is 0 Å². The molecule has 0 spiro atoms. The second kappa shape index (κ2) is 34.6. The van der Waals surface area contributed by atoms with Crippen molar-refractivity contribution in [2.24, 2.45) is 5.73 Å². The number of carbonyl (C=O) groups is 2. The molecule has 1 saturated heterocycles. The summed E-state index contributed by atoms with van der Waals surface area (Å²) in [6.45, 7) is 22.8. The summed E-state index contributed by atoms with van der Waals surface area (Å²) in [6.07, 6.45) is 6.08. The van der Waals surface area contributed by atoms with E-state index in [2.05, 4.69) is 59.6 Å². The molecule has 1 aliphatic heterocycles. The van der Waals surface area contributed by atoms with E-state index in [9.17, 15) is 9.59 Å².